The normalized spacial score (nSPS) is 24.8. The Morgan fingerprint density at radius 3 is 1.93 bits per heavy atom. The van der Waals surface area contributed by atoms with Crippen LogP contribution in [0.2, 0.25) is 0 Å². The van der Waals surface area contributed by atoms with Gasteiger partial charge in [-0.3, -0.25) is 0 Å². The smallest absolute Gasteiger partial charge is 0.335 e. The molecule has 0 fully saturated rings. The number of fused-ring (bicyclic) bond motifs is 2. The molecule has 7 heteroatoms. The molecule has 2 heterocycles. The van der Waals surface area contributed by atoms with Crippen LogP contribution in [0.15, 0.2) is 60.7 Å². The molecule has 4 rings (SSSR count). The van der Waals surface area contributed by atoms with Crippen molar-refractivity contribution in [3.8, 4) is 0 Å². The third-order valence-electron chi connectivity index (χ3n) is 4.67. The van der Waals surface area contributed by atoms with Crippen molar-refractivity contribution in [2.45, 2.75) is 32.1 Å². The zero-order chi connectivity index (χ0) is 20.4. The second-order valence-corrected chi connectivity index (χ2v) is 6.77. The summed E-state index contributed by atoms with van der Waals surface area (Å²) in [6.45, 7) is 5.21. The molecule has 7 nitrogen and oxygen atoms in total. The molecular weight excluding hydrogens is 376 g/mol. The molecule has 0 spiro atoms. The second kappa shape index (κ2) is 8.44. The quantitative estimate of drug-likeness (QED) is 0.564. The summed E-state index contributed by atoms with van der Waals surface area (Å²) in [5, 5.41) is 9.04. The Labute approximate surface area is 168 Å². The number of aliphatic hydroxyl groups excluding tert-OH is 1. The summed E-state index contributed by atoms with van der Waals surface area (Å²) in [5.41, 5.74) is 3.41. The number of hydrogen-bond acceptors (Lipinski definition) is 7. The molecule has 0 aromatic heterocycles. The molecule has 0 saturated heterocycles. The van der Waals surface area contributed by atoms with Crippen LogP contribution in [0.3, 0.4) is 0 Å². The summed E-state index contributed by atoms with van der Waals surface area (Å²) in [7, 11) is 0. The predicted octanol–water partition coefficient (Wildman–Crippen LogP) is 3.59. The number of esters is 1. The number of carbonyl (C=O) groups excluding carboxylic acids is 1. The summed E-state index contributed by atoms with van der Waals surface area (Å²) in [6, 6.07) is 14.9. The molecule has 4 unspecified atom stereocenters. The van der Waals surface area contributed by atoms with E-state index >= 15 is 0 Å². The van der Waals surface area contributed by atoms with Gasteiger partial charge in [0.1, 0.15) is 0 Å². The molecular formula is C22H22O7. The van der Waals surface area contributed by atoms with Gasteiger partial charge in [0.25, 0.3) is 0 Å². The lowest BCUT2D eigenvalue weighted by molar-refractivity contribution is -0.309. The fraction of sp³-hybridized carbons (Fsp3) is 0.318. The SMILES string of the molecule is C=C(C)C(=O)OC1OC(OC2OC(OCCO)c3ccccc32)c2ccccc21. The van der Waals surface area contributed by atoms with E-state index in [-0.39, 0.29) is 18.8 Å². The van der Waals surface area contributed by atoms with Gasteiger partial charge < -0.3 is 28.8 Å². The Morgan fingerprint density at radius 2 is 1.41 bits per heavy atom. The highest BCUT2D eigenvalue weighted by Gasteiger charge is 2.40. The average Bonchev–Trinajstić information content (AvgIpc) is 3.25. The lowest BCUT2D eigenvalue weighted by atomic mass is 10.1. The number of aliphatic hydroxyl groups is 1. The molecule has 0 radical (unpaired) electrons. The number of hydrogen-bond donors (Lipinski definition) is 1. The molecule has 2 aromatic carbocycles. The molecule has 0 amide bonds. The van der Waals surface area contributed by atoms with Crippen LogP contribution in [0.4, 0.5) is 0 Å². The molecule has 0 aliphatic carbocycles. The Hall–Kier alpha value is -2.55. The summed E-state index contributed by atoms with van der Waals surface area (Å²) in [4.78, 5) is 12.0. The molecule has 2 aliphatic heterocycles. The molecule has 0 bridgehead atoms. The molecule has 152 valence electrons. The van der Waals surface area contributed by atoms with Gasteiger partial charge in [0.05, 0.1) is 13.2 Å². The molecule has 4 atom stereocenters. The standard InChI is InChI=1S/C22H22O7/c1-13(2)18(24)26-20-16-9-5-6-10-17(16)22(28-20)29-21-15-8-4-3-7-14(15)19(27-21)25-12-11-23/h3-10,19-23H,1,11-12H2,2H3. The molecule has 29 heavy (non-hydrogen) atoms. The highest BCUT2D eigenvalue weighted by atomic mass is 16.8. The highest BCUT2D eigenvalue weighted by molar-refractivity contribution is 5.87. The van der Waals surface area contributed by atoms with Gasteiger partial charge >= 0.3 is 5.97 Å². The largest absolute Gasteiger partial charge is 0.428 e. The topological polar surface area (TPSA) is 83.5 Å². The third kappa shape index (κ3) is 3.96. The number of benzene rings is 2. The Morgan fingerprint density at radius 1 is 0.931 bits per heavy atom. The summed E-state index contributed by atoms with van der Waals surface area (Å²) in [5.74, 6) is -0.537. The van der Waals surface area contributed by atoms with Crippen LogP contribution in [0.1, 0.15) is 54.3 Å². The van der Waals surface area contributed by atoms with Crippen LogP contribution in [0.5, 0.6) is 0 Å². The fourth-order valence-corrected chi connectivity index (χ4v) is 3.30. The minimum Gasteiger partial charge on any atom is -0.428 e. The Kier molecular flexibility index (Phi) is 5.75. The monoisotopic (exact) mass is 398 g/mol. The second-order valence-electron chi connectivity index (χ2n) is 6.77. The van der Waals surface area contributed by atoms with E-state index < -0.39 is 31.1 Å². The van der Waals surface area contributed by atoms with E-state index in [1.807, 2.05) is 48.5 Å². The predicted molar refractivity (Wildman–Crippen MR) is 101 cm³/mol. The van der Waals surface area contributed by atoms with Gasteiger partial charge in [-0.2, -0.15) is 0 Å². The number of ether oxygens (including phenoxy) is 5. The van der Waals surface area contributed by atoms with Crippen molar-refractivity contribution in [2.24, 2.45) is 0 Å². The lowest BCUT2D eigenvalue weighted by Crippen LogP contribution is -2.14. The first-order chi connectivity index (χ1) is 14.1. The van der Waals surface area contributed by atoms with E-state index in [2.05, 4.69) is 6.58 Å². The zero-order valence-electron chi connectivity index (χ0n) is 15.9. The van der Waals surface area contributed by atoms with Crippen molar-refractivity contribution in [1.29, 1.82) is 0 Å². The van der Waals surface area contributed by atoms with Crippen LogP contribution >= 0.6 is 0 Å². The van der Waals surface area contributed by atoms with E-state index in [1.54, 1.807) is 6.92 Å². The fourth-order valence-electron chi connectivity index (χ4n) is 3.30. The number of carbonyl (C=O) groups is 1. The summed E-state index contributed by atoms with van der Waals surface area (Å²) < 4.78 is 28.9. The van der Waals surface area contributed by atoms with Crippen molar-refractivity contribution in [1.82, 2.24) is 0 Å². The van der Waals surface area contributed by atoms with E-state index in [1.165, 1.54) is 0 Å². The van der Waals surface area contributed by atoms with E-state index in [9.17, 15) is 4.79 Å². The summed E-state index contributed by atoms with van der Waals surface area (Å²) >= 11 is 0. The lowest BCUT2D eigenvalue weighted by Gasteiger charge is -2.20. The first kappa shape index (κ1) is 19.8. The van der Waals surface area contributed by atoms with Gasteiger partial charge in [-0.1, -0.05) is 55.1 Å². The Bertz CT molecular complexity index is 910. The van der Waals surface area contributed by atoms with Gasteiger partial charge in [-0.15, -0.1) is 0 Å². The van der Waals surface area contributed by atoms with Gasteiger partial charge in [0.2, 0.25) is 6.29 Å². The first-order valence-corrected chi connectivity index (χ1v) is 9.31. The van der Waals surface area contributed by atoms with Crippen molar-refractivity contribution < 1.29 is 33.6 Å². The highest BCUT2D eigenvalue weighted by Crippen LogP contribution is 2.47. The van der Waals surface area contributed by atoms with Crippen LogP contribution < -0.4 is 0 Å². The van der Waals surface area contributed by atoms with E-state index in [0.717, 1.165) is 16.7 Å². The molecule has 2 aromatic rings. The number of rotatable bonds is 7. The maximum absolute atomic E-state index is 12.0. The van der Waals surface area contributed by atoms with Gasteiger partial charge in [-0.05, 0) is 6.92 Å². The third-order valence-corrected chi connectivity index (χ3v) is 4.67. The first-order valence-electron chi connectivity index (χ1n) is 9.31. The van der Waals surface area contributed by atoms with Crippen molar-refractivity contribution in [3.05, 3.63) is 82.9 Å². The average molecular weight is 398 g/mol. The minimum absolute atomic E-state index is 0.109. The molecule has 1 N–H and O–H groups in total. The zero-order valence-corrected chi connectivity index (χ0v) is 15.9. The van der Waals surface area contributed by atoms with Crippen LogP contribution in [0.25, 0.3) is 0 Å². The molecule has 2 aliphatic rings. The summed E-state index contributed by atoms with van der Waals surface area (Å²) in [6.07, 6.45) is -3.05. The van der Waals surface area contributed by atoms with Crippen LogP contribution in [-0.2, 0) is 28.5 Å². The van der Waals surface area contributed by atoms with Gasteiger partial charge in [0.15, 0.2) is 18.9 Å². The maximum atomic E-state index is 12.0. The van der Waals surface area contributed by atoms with Crippen molar-refractivity contribution in [2.75, 3.05) is 13.2 Å². The maximum Gasteiger partial charge on any atom is 0.335 e. The van der Waals surface area contributed by atoms with Gasteiger partial charge in [-0.25, -0.2) is 4.79 Å². The van der Waals surface area contributed by atoms with Crippen LogP contribution in [-0.4, -0.2) is 24.3 Å². The van der Waals surface area contributed by atoms with E-state index in [0.29, 0.717) is 5.56 Å². The minimum atomic E-state index is -0.890. The van der Waals surface area contributed by atoms with Crippen molar-refractivity contribution >= 4 is 5.97 Å². The van der Waals surface area contributed by atoms with Gasteiger partial charge in [0, 0.05) is 27.8 Å². The van der Waals surface area contributed by atoms with Crippen molar-refractivity contribution in [3.63, 3.8) is 0 Å². The molecule has 0 saturated carbocycles. The van der Waals surface area contributed by atoms with E-state index in [4.69, 9.17) is 28.8 Å². The Balaban J connectivity index is 1.54. The van der Waals surface area contributed by atoms with Crippen LogP contribution in [0, 0.1) is 0 Å².